The molecule has 2 unspecified atom stereocenters. The summed E-state index contributed by atoms with van der Waals surface area (Å²) in [5, 5.41) is 15.3. The first kappa shape index (κ1) is 23.1. The number of morpholine rings is 1. The standard InChI is InChI=1S/C16H24N4O2.C2HF3O2/c1-3-4-7-16(17-18-16)8-5-15(21)20-10-11-22-14-6-9-19(2)12-13(14)20;3-2(4,5)1(6)7/h1,13-14H,4-12H2,2H3;(H,6,7). The number of hydrogen-bond acceptors (Lipinski definition) is 6. The first-order chi connectivity index (χ1) is 13.6. The Labute approximate surface area is 167 Å². The molecule has 29 heavy (non-hydrogen) atoms. The number of alkyl halides is 3. The van der Waals surface area contributed by atoms with E-state index >= 15 is 0 Å². The molecule has 0 radical (unpaired) electrons. The van der Waals surface area contributed by atoms with Crippen LogP contribution in [0.4, 0.5) is 13.2 Å². The van der Waals surface area contributed by atoms with Gasteiger partial charge in [0.2, 0.25) is 5.91 Å². The number of likely N-dealkylation sites (tertiary alicyclic amines) is 1. The fourth-order valence-electron chi connectivity index (χ4n) is 3.46. The molecule has 0 aromatic rings. The number of halogens is 3. The van der Waals surface area contributed by atoms with Crippen LogP contribution >= 0.6 is 0 Å². The van der Waals surface area contributed by atoms with E-state index in [1.807, 2.05) is 4.90 Å². The molecule has 3 rings (SSSR count). The van der Waals surface area contributed by atoms with E-state index in [2.05, 4.69) is 28.1 Å². The normalized spacial score (nSPS) is 25.3. The summed E-state index contributed by atoms with van der Waals surface area (Å²) in [5.41, 5.74) is -0.364. The molecule has 3 aliphatic heterocycles. The molecule has 2 saturated heterocycles. The molecule has 2 atom stereocenters. The first-order valence-electron chi connectivity index (χ1n) is 9.35. The Hall–Kier alpha value is -2.19. The number of carboxylic acids is 1. The molecule has 0 aliphatic carbocycles. The Balaban J connectivity index is 0.000000370. The number of hydrogen-bond donors (Lipinski definition) is 1. The number of rotatable bonds is 5. The molecule has 0 bridgehead atoms. The van der Waals surface area contributed by atoms with Crippen LogP contribution in [0, 0.1) is 12.3 Å². The maximum Gasteiger partial charge on any atom is 0.490 e. The monoisotopic (exact) mass is 418 g/mol. The Kier molecular flexibility index (Phi) is 7.60. The molecule has 0 aromatic heterocycles. The summed E-state index contributed by atoms with van der Waals surface area (Å²) in [6, 6.07) is 0.190. The lowest BCUT2D eigenvalue weighted by atomic mass is 9.97. The van der Waals surface area contributed by atoms with Gasteiger partial charge in [-0.2, -0.15) is 23.4 Å². The Morgan fingerprint density at radius 3 is 2.52 bits per heavy atom. The van der Waals surface area contributed by atoms with Crippen LogP contribution in [0.1, 0.15) is 32.1 Å². The maximum atomic E-state index is 12.6. The molecule has 3 heterocycles. The molecular weight excluding hydrogens is 393 g/mol. The largest absolute Gasteiger partial charge is 0.490 e. The average Bonchev–Trinajstić information content (AvgIpc) is 3.44. The zero-order valence-electron chi connectivity index (χ0n) is 16.2. The summed E-state index contributed by atoms with van der Waals surface area (Å²) in [6.07, 6.45) is 4.00. The summed E-state index contributed by atoms with van der Waals surface area (Å²) in [7, 11) is 2.10. The van der Waals surface area contributed by atoms with Crippen LogP contribution in [-0.4, -0.2) is 84.1 Å². The first-order valence-corrected chi connectivity index (χ1v) is 9.35. The Morgan fingerprint density at radius 1 is 1.31 bits per heavy atom. The van der Waals surface area contributed by atoms with Crippen LogP contribution in [0.2, 0.25) is 0 Å². The molecule has 0 aromatic carbocycles. The number of carboxylic acid groups (broad SMARTS) is 1. The molecule has 3 aliphatic rings. The molecule has 1 N–H and O–H groups in total. The quantitative estimate of drug-likeness (QED) is 0.689. The number of fused-ring (bicyclic) bond motifs is 1. The van der Waals surface area contributed by atoms with Gasteiger partial charge in [-0.25, -0.2) is 4.79 Å². The van der Waals surface area contributed by atoms with Crippen molar-refractivity contribution in [3.8, 4) is 12.3 Å². The molecular formula is C18H25F3N4O4. The number of likely N-dealkylation sites (N-methyl/N-ethyl adjacent to an activating group) is 1. The van der Waals surface area contributed by atoms with Gasteiger partial charge in [0.1, 0.15) is 0 Å². The Bertz CT molecular complexity index is 671. The fraction of sp³-hybridized carbons (Fsp3) is 0.778. The van der Waals surface area contributed by atoms with Gasteiger partial charge in [0.15, 0.2) is 5.66 Å². The van der Waals surface area contributed by atoms with Crippen LogP contribution in [0.25, 0.3) is 0 Å². The Morgan fingerprint density at radius 2 is 1.97 bits per heavy atom. The topological polar surface area (TPSA) is 94.8 Å². The smallest absolute Gasteiger partial charge is 0.475 e. The molecule has 0 saturated carbocycles. The molecule has 1 amide bonds. The van der Waals surface area contributed by atoms with Crippen molar-refractivity contribution in [1.29, 1.82) is 0 Å². The number of aliphatic carboxylic acids is 1. The molecule has 0 spiro atoms. The van der Waals surface area contributed by atoms with Crippen molar-refractivity contribution in [2.75, 3.05) is 33.3 Å². The second kappa shape index (κ2) is 9.54. The second-order valence-electron chi connectivity index (χ2n) is 7.30. The van der Waals surface area contributed by atoms with Gasteiger partial charge in [0.25, 0.3) is 0 Å². The lowest BCUT2D eigenvalue weighted by Gasteiger charge is -2.46. The summed E-state index contributed by atoms with van der Waals surface area (Å²) < 4.78 is 37.6. The van der Waals surface area contributed by atoms with Crippen LogP contribution in [0.3, 0.4) is 0 Å². The highest BCUT2D eigenvalue weighted by atomic mass is 19.4. The van der Waals surface area contributed by atoms with E-state index in [9.17, 15) is 18.0 Å². The number of carbonyl (C=O) groups excluding carboxylic acids is 1. The van der Waals surface area contributed by atoms with Crippen molar-refractivity contribution in [2.45, 2.75) is 56.1 Å². The number of nitrogens with zero attached hydrogens (tertiary/aromatic N) is 4. The van der Waals surface area contributed by atoms with Gasteiger partial charge >= 0.3 is 12.1 Å². The van der Waals surface area contributed by atoms with Gasteiger partial charge in [0, 0.05) is 45.3 Å². The molecule has 8 nitrogen and oxygen atoms in total. The summed E-state index contributed by atoms with van der Waals surface area (Å²) in [5.74, 6) is 0.0625. The minimum absolute atomic E-state index is 0.190. The summed E-state index contributed by atoms with van der Waals surface area (Å²) in [6.45, 7) is 3.27. The van der Waals surface area contributed by atoms with Gasteiger partial charge in [0.05, 0.1) is 18.8 Å². The highest BCUT2D eigenvalue weighted by Gasteiger charge is 2.42. The van der Waals surface area contributed by atoms with E-state index in [1.165, 1.54) is 0 Å². The van der Waals surface area contributed by atoms with Crippen LogP contribution < -0.4 is 0 Å². The SMILES string of the molecule is C#CCCC1(CCC(=O)N2CCOC3CCN(C)CC32)N=N1.O=C(O)C(F)(F)F. The maximum absolute atomic E-state index is 12.6. The number of amides is 1. The summed E-state index contributed by atoms with van der Waals surface area (Å²) in [4.78, 5) is 25.8. The van der Waals surface area contributed by atoms with Gasteiger partial charge in [-0.3, -0.25) is 4.79 Å². The van der Waals surface area contributed by atoms with Crippen LogP contribution in [0.15, 0.2) is 10.2 Å². The highest BCUT2D eigenvalue weighted by Crippen LogP contribution is 2.38. The van der Waals surface area contributed by atoms with Crippen molar-refractivity contribution in [3.05, 3.63) is 0 Å². The van der Waals surface area contributed by atoms with Crippen molar-refractivity contribution in [3.63, 3.8) is 0 Å². The van der Waals surface area contributed by atoms with Gasteiger partial charge in [-0.15, -0.1) is 12.3 Å². The molecule has 162 valence electrons. The van der Waals surface area contributed by atoms with E-state index < -0.39 is 12.1 Å². The van der Waals surface area contributed by atoms with Crippen molar-refractivity contribution >= 4 is 11.9 Å². The minimum Gasteiger partial charge on any atom is -0.475 e. The average molecular weight is 418 g/mol. The zero-order valence-corrected chi connectivity index (χ0v) is 16.2. The van der Waals surface area contributed by atoms with Crippen LogP contribution in [-0.2, 0) is 14.3 Å². The summed E-state index contributed by atoms with van der Waals surface area (Å²) >= 11 is 0. The second-order valence-corrected chi connectivity index (χ2v) is 7.30. The van der Waals surface area contributed by atoms with Crippen molar-refractivity contribution in [2.24, 2.45) is 10.2 Å². The van der Waals surface area contributed by atoms with E-state index in [0.717, 1.165) is 25.9 Å². The third-order valence-electron chi connectivity index (χ3n) is 5.14. The number of carbonyl (C=O) groups is 2. The van der Waals surface area contributed by atoms with E-state index in [-0.39, 0.29) is 23.7 Å². The molecule has 11 heteroatoms. The highest BCUT2D eigenvalue weighted by molar-refractivity contribution is 5.77. The van der Waals surface area contributed by atoms with Crippen LogP contribution in [0.5, 0.6) is 0 Å². The van der Waals surface area contributed by atoms with E-state index in [4.69, 9.17) is 21.1 Å². The lowest BCUT2D eigenvalue weighted by Crippen LogP contribution is -2.60. The third-order valence-corrected chi connectivity index (χ3v) is 5.14. The van der Waals surface area contributed by atoms with E-state index in [1.54, 1.807) is 0 Å². The minimum atomic E-state index is -5.08. The van der Waals surface area contributed by atoms with Crippen molar-refractivity contribution in [1.82, 2.24) is 9.80 Å². The predicted molar refractivity (Wildman–Crippen MR) is 95.9 cm³/mol. The number of terminal acetylenes is 1. The number of ether oxygens (including phenoxy) is 1. The van der Waals surface area contributed by atoms with Gasteiger partial charge in [-0.1, -0.05) is 0 Å². The lowest BCUT2D eigenvalue weighted by molar-refractivity contribution is -0.192. The predicted octanol–water partition coefficient (Wildman–Crippen LogP) is 1.91. The number of piperidine rings is 1. The third kappa shape index (κ3) is 6.68. The van der Waals surface area contributed by atoms with Gasteiger partial charge < -0.3 is 19.6 Å². The fourth-order valence-corrected chi connectivity index (χ4v) is 3.46. The zero-order chi connectivity index (χ0) is 21.7. The van der Waals surface area contributed by atoms with Gasteiger partial charge in [-0.05, 0) is 13.5 Å². The van der Waals surface area contributed by atoms with E-state index in [0.29, 0.717) is 32.4 Å². The molecule has 2 fully saturated rings. The van der Waals surface area contributed by atoms with Crippen molar-refractivity contribution < 1.29 is 32.6 Å².